The van der Waals surface area contributed by atoms with Crippen LogP contribution in [0, 0.1) is 11.3 Å². The lowest BCUT2D eigenvalue weighted by atomic mass is 10.1. The predicted octanol–water partition coefficient (Wildman–Crippen LogP) is 3.79. The quantitative estimate of drug-likeness (QED) is 0.357. The van der Waals surface area contributed by atoms with E-state index in [0.717, 1.165) is 37.2 Å². The Bertz CT molecular complexity index is 651. The van der Waals surface area contributed by atoms with E-state index in [1.807, 2.05) is 36.4 Å². The smallest absolute Gasteiger partial charge is 0.348 e. The molecule has 1 heterocycles. The molecule has 120 valence electrons. The highest BCUT2D eigenvalue weighted by molar-refractivity contribution is 6.30. The number of esters is 1. The zero-order valence-corrected chi connectivity index (χ0v) is 13.8. The number of hydrogen-bond donors (Lipinski definition) is 0. The van der Waals surface area contributed by atoms with E-state index in [0.29, 0.717) is 5.02 Å². The van der Waals surface area contributed by atoms with Crippen LogP contribution in [0.2, 0.25) is 5.02 Å². The van der Waals surface area contributed by atoms with Gasteiger partial charge in [-0.05, 0) is 49.6 Å². The molecular formula is C18H19ClN2O2. The molecule has 0 N–H and O–H groups in total. The van der Waals surface area contributed by atoms with Crippen molar-refractivity contribution >= 4 is 23.3 Å². The molecule has 1 aliphatic rings. The number of carbonyl (C=O) groups is 1. The Hall–Kier alpha value is -2.25. The highest BCUT2D eigenvalue weighted by atomic mass is 35.5. The molecule has 0 unspecified atom stereocenters. The molecule has 1 aliphatic heterocycles. The molecule has 0 radical (unpaired) electrons. The van der Waals surface area contributed by atoms with Crippen LogP contribution in [0.4, 0.5) is 0 Å². The third kappa shape index (κ3) is 4.61. The van der Waals surface area contributed by atoms with Crippen molar-refractivity contribution in [2.75, 3.05) is 19.7 Å². The maximum absolute atomic E-state index is 11.7. The number of carbonyl (C=O) groups excluding carboxylic acids is 1. The Balaban J connectivity index is 2.34. The molecule has 0 aliphatic carbocycles. The summed E-state index contributed by atoms with van der Waals surface area (Å²) >= 11 is 5.95. The highest BCUT2D eigenvalue weighted by Gasteiger charge is 2.16. The van der Waals surface area contributed by atoms with Gasteiger partial charge in [-0.25, -0.2) is 4.79 Å². The average molecular weight is 331 g/mol. The lowest BCUT2D eigenvalue weighted by Crippen LogP contribution is -2.17. The molecule has 0 spiro atoms. The molecule has 23 heavy (non-hydrogen) atoms. The maximum Gasteiger partial charge on any atom is 0.348 e. The van der Waals surface area contributed by atoms with Crippen molar-refractivity contribution in [2.24, 2.45) is 0 Å². The first-order valence-corrected chi connectivity index (χ1v) is 8.03. The van der Waals surface area contributed by atoms with Gasteiger partial charge in [-0.3, -0.25) is 0 Å². The largest absolute Gasteiger partial charge is 0.462 e. The van der Waals surface area contributed by atoms with E-state index in [4.69, 9.17) is 21.6 Å². The van der Waals surface area contributed by atoms with Crippen LogP contribution in [0.5, 0.6) is 0 Å². The van der Waals surface area contributed by atoms with Crippen LogP contribution in [-0.2, 0) is 9.53 Å². The Morgan fingerprint density at radius 3 is 2.52 bits per heavy atom. The van der Waals surface area contributed by atoms with Crippen molar-refractivity contribution in [3.05, 3.63) is 52.6 Å². The Kier molecular flexibility index (Phi) is 6.25. The fourth-order valence-corrected chi connectivity index (χ4v) is 2.61. The Morgan fingerprint density at radius 2 is 1.96 bits per heavy atom. The summed E-state index contributed by atoms with van der Waals surface area (Å²) in [6.07, 6.45) is 5.61. The summed E-state index contributed by atoms with van der Waals surface area (Å²) in [5, 5.41) is 9.80. The van der Waals surface area contributed by atoms with Gasteiger partial charge in [0.15, 0.2) is 0 Å². The third-order valence-electron chi connectivity index (χ3n) is 3.61. The molecule has 2 rings (SSSR count). The minimum absolute atomic E-state index is 0.00231. The van der Waals surface area contributed by atoms with Crippen molar-refractivity contribution in [2.45, 2.75) is 19.8 Å². The fraction of sp³-hybridized carbons (Fsp3) is 0.333. The number of hydrogen-bond acceptors (Lipinski definition) is 4. The summed E-state index contributed by atoms with van der Waals surface area (Å²) in [5.74, 6) is -0.594. The first-order chi connectivity index (χ1) is 11.2. The zero-order valence-electron chi connectivity index (χ0n) is 13.1. The topological polar surface area (TPSA) is 53.3 Å². The van der Waals surface area contributed by atoms with Crippen LogP contribution in [0.15, 0.2) is 42.0 Å². The predicted molar refractivity (Wildman–Crippen MR) is 90.6 cm³/mol. The van der Waals surface area contributed by atoms with Crippen molar-refractivity contribution in [1.82, 2.24) is 4.90 Å². The second-order valence-corrected chi connectivity index (χ2v) is 5.60. The summed E-state index contributed by atoms with van der Waals surface area (Å²) in [6, 6.07) is 9.45. The summed E-state index contributed by atoms with van der Waals surface area (Å²) in [6.45, 7) is 3.89. The molecule has 1 aromatic carbocycles. The van der Waals surface area contributed by atoms with Crippen LogP contribution >= 0.6 is 11.6 Å². The second-order valence-electron chi connectivity index (χ2n) is 5.17. The third-order valence-corrected chi connectivity index (χ3v) is 3.86. The van der Waals surface area contributed by atoms with E-state index in [-0.39, 0.29) is 12.2 Å². The first-order valence-electron chi connectivity index (χ1n) is 7.65. The van der Waals surface area contributed by atoms with Crippen LogP contribution in [0.3, 0.4) is 0 Å². The van der Waals surface area contributed by atoms with Gasteiger partial charge in [0.05, 0.1) is 6.61 Å². The van der Waals surface area contributed by atoms with Gasteiger partial charge in [0.25, 0.3) is 0 Å². The standard InChI is InChI=1S/C18H19ClN2O2/c1-2-23-18(22)15(13-20)7-10-17(21-11-3-4-12-21)14-5-8-16(19)9-6-14/h5-10H,2-4,11-12H2,1H3. The molecule has 4 nitrogen and oxygen atoms in total. The molecule has 1 fully saturated rings. The van der Waals surface area contributed by atoms with Crippen LogP contribution in [-0.4, -0.2) is 30.6 Å². The van der Waals surface area contributed by atoms with Crippen molar-refractivity contribution in [3.8, 4) is 6.07 Å². The van der Waals surface area contributed by atoms with E-state index >= 15 is 0 Å². The summed E-state index contributed by atoms with van der Waals surface area (Å²) in [4.78, 5) is 14.0. The van der Waals surface area contributed by atoms with Crippen molar-refractivity contribution in [1.29, 1.82) is 5.26 Å². The number of ether oxygens (including phenoxy) is 1. The maximum atomic E-state index is 11.7. The molecular weight excluding hydrogens is 312 g/mol. The van der Waals surface area contributed by atoms with Gasteiger partial charge >= 0.3 is 5.97 Å². The number of nitrogens with zero attached hydrogens (tertiary/aromatic N) is 2. The van der Waals surface area contributed by atoms with Gasteiger partial charge in [-0.2, -0.15) is 5.26 Å². The number of halogens is 1. The monoisotopic (exact) mass is 330 g/mol. The average Bonchev–Trinajstić information content (AvgIpc) is 3.07. The van der Waals surface area contributed by atoms with Gasteiger partial charge in [0.1, 0.15) is 11.6 Å². The summed E-state index contributed by atoms with van der Waals surface area (Å²) < 4.78 is 4.88. The van der Waals surface area contributed by atoms with Gasteiger partial charge in [0.2, 0.25) is 0 Å². The lowest BCUT2D eigenvalue weighted by molar-refractivity contribution is -0.138. The number of nitriles is 1. The molecule has 5 heteroatoms. The van der Waals surface area contributed by atoms with E-state index in [1.165, 1.54) is 6.08 Å². The Morgan fingerprint density at radius 1 is 1.30 bits per heavy atom. The molecule has 0 saturated carbocycles. The van der Waals surface area contributed by atoms with E-state index < -0.39 is 5.97 Å². The van der Waals surface area contributed by atoms with E-state index in [2.05, 4.69) is 4.90 Å². The van der Waals surface area contributed by atoms with Gasteiger partial charge in [-0.15, -0.1) is 0 Å². The minimum atomic E-state index is -0.594. The summed E-state index contributed by atoms with van der Waals surface area (Å²) in [5.41, 5.74) is 1.99. The van der Waals surface area contributed by atoms with E-state index in [1.54, 1.807) is 6.92 Å². The van der Waals surface area contributed by atoms with E-state index in [9.17, 15) is 4.79 Å². The van der Waals surface area contributed by atoms with Crippen LogP contribution in [0.25, 0.3) is 5.70 Å². The number of allylic oxidation sites excluding steroid dienone is 2. The second kappa shape index (κ2) is 8.40. The SMILES string of the molecule is CCOC(=O)C(C#N)=CC=C(c1ccc(Cl)cc1)N1CCCC1. The number of benzene rings is 1. The highest BCUT2D eigenvalue weighted by Crippen LogP contribution is 2.25. The Labute approximate surface area is 141 Å². The van der Waals surface area contributed by atoms with Crippen molar-refractivity contribution in [3.63, 3.8) is 0 Å². The van der Waals surface area contributed by atoms with Gasteiger partial charge in [-0.1, -0.05) is 23.7 Å². The lowest BCUT2D eigenvalue weighted by Gasteiger charge is -2.21. The summed E-state index contributed by atoms with van der Waals surface area (Å²) in [7, 11) is 0. The molecule has 1 aromatic rings. The molecule has 0 bridgehead atoms. The fourth-order valence-electron chi connectivity index (χ4n) is 2.48. The van der Waals surface area contributed by atoms with Crippen molar-refractivity contribution < 1.29 is 9.53 Å². The number of likely N-dealkylation sites (tertiary alicyclic amines) is 1. The minimum Gasteiger partial charge on any atom is -0.462 e. The molecule has 1 saturated heterocycles. The first kappa shape index (κ1) is 17.1. The van der Waals surface area contributed by atoms with Crippen LogP contribution < -0.4 is 0 Å². The van der Waals surface area contributed by atoms with Gasteiger partial charge < -0.3 is 9.64 Å². The normalized spacial score (nSPS) is 15.4. The molecule has 0 aromatic heterocycles. The zero-order chi connectivity index (χ0) is 16.7. The molecule has 0 atom stereocenters. The van der Waals surface area contributed by atoms with Crippen LogP contribution in [0.1, 0.15) is 25.3 Å². The van der Waals surface area contributed by atoms with Gasteiger partial charge in [0, 0.05) is 23.8 Å². The number of rotatable bonds is 5. The molecule has 0 amide bonds.